The van der Waals surface area contributed by atoms with Crippen LogP contribution in [0.4, 0.5) is 33.1 Å². The molecule has 0 atom stereocenters. The van der Waals surface area contributed by atoms with E-state index in [0.29, 0.717) is 17.1 Å². The minimum atomic E-state index is -0.872. The van der Waals surface area contributed by atoms with Crippen LogP contribution in [0.1, 0.15) is 39.5 Å². The first kappa shape index (κ1) is 29.4. The van der Waals surface area contributed by atoms with Crippen molar-refractivity contribution in [1.82, 2.24) is 15.0 Å². The van der Waals surface area contributed by atoms with Crippen LogP contribution in [0.15, 0.2) is 111 Å². The molecule has 43 heavy (non-hydrogen) atoms. The van der Waals surface area contributed by atoms with Crippen molar-refractivity contribution in [2.45, 2.75) is 39.5 Å². The molecule has 4 aromatic carbocycles. The van der Waals surface area contributed by atoms with Gasteiger partial charge in [-0.15, -0.1) is 15.2 Å². The first-order chi connectivity index (χ1) is 21.1. The second kappa shape index (κ2) is 14.7. The molecule has 0 aliphatic carbocycles. The predicted molar refractivity (Wildman–Crippen MR) is 167 cm³/mol. The van der Waals surface area contributed by atoms with Crippen LogP contribution >= 0.6 is 0 Å². The number of hydrogen-bond donors (Lipinski definition) is 0. The Morgan fingerprint density at radius 3 is 1.77 bits per heavy atom. The number of benzene rings is 4. The highest BCUT2D eigenvalue weighted by Gasteiger charge is 2.15. The van der Waals surface area contributed by atoms with Gasteiger partial charge in [0.2, 0.25) is 5.95 Å². The zero-order valence-electron chi connectivity index (χ0n) is 24.3. The minimum absolute atomic E-state index is 0.0918. The number of hydrogen-bond acceptors (Lipinski definition) is 9. The van der Waals surface area contributed by atoms with Gasteiger partial charge in [0.05, 0.1) is 22.7 Å². The largest absolute Gasteiger partial charge is 0.424 e. The van der Waals surface area contributed by atoms with E-state index in [1.807, 2.05) is 71.6 Å². The Morgan fingerprint density at radius 2 is 1.19 bits per heavy atom. The fourth-order valence-electron chi connectivity index (χ4n) is 4.36. The molecule has 0 aliphatic heterocycles. The van der Waals surface area contributed by atoms with Crippen LogP contribution in [0.25, 0.3) is 10.8 Å². The van der Waals surface area contributed by atoms with Crippen molar-refractivity contribution in [3.63, 3.8) is 0 Å². The highest BCUT2D eigenvalue weighted by atomic mass is 19.1. The summed E-state index contributed by atoms with van der Waals surface area (Å²) in [6.07, 6.45) is 3.09. The SMILES string of the molecule is CCCCN(CCCC)c1nc(F)nc(Oc2ccc(N=Nc3ccc(N=Nc4ccccc4)c4ccccc34)cc2)n1. The van der Waals surface area contributed by atoms with Crippen molar-refractivity contribution >= 4 is 39.5 Å². The minimum Gasteiger partial charge on any atom is -0.424 e. The normalized spacial score (nSPS) is 11.5. The molecule has 0 spiro atoms. The molecule has 1 aromatic heterocycles. The predicted octanol–water partition coefficient (Wildman–Crippen LogP) is 10.2. The average molecular weight is 577 g/mol. The van der Waals surface area contributed by atoms with Crippen LogP contribution < -0.4 is 9.64 Å². The number of anilines is 1. The molecule has 0 saturated heterocycles. The number of unbranched alkanes of at least 4 members (excludes halogenated alkanes) is 2. The second-order valence-corrected chi connectivity index (χ2v) is 9.86. The maximum absolute atomic E-state index is 14.3. The Bertz CT molecular complexity index is 1690. The zero-order valence-corrected chi connectivity index (χ0v) is 24.3. The van der Waals surface area contributed by atoms with E-state index in [-0.39, 0.29) is 12.0 Å². The topological polar surface area (TPSA) is 101 Å². The molecule has 0 fully saturated rings. The summed E-state index contributed by atoms with van der Waals surface area (Å²) in [6, 6.07) is 28.1. The van der Waals surface area contributed by atoms with Gasteiger partial charge in [-0.2, -0.15) is 24.6 Å². The first-order valence-corrected chi connectivity index (χ1v) is 14.5. The second-order valence-electron chi connectivity index (χ2n) is 9.86. The lowest BCUT2D eigenvalue weighted by atomic mass is 10.1. The van der Waals surface area contributed by atoms with E-state index < -0.39 is 6.08 Å². The summed E-state index contributed by atoms with van der Waals surface area (Å²) >= 11 is 0. The van der Waals surface area contributed by atoms with Crippen LogP contribution in [0, 0.1) is 6.08 Å². The van der Waals surface area contributed by atoms with E-state index in [4.69, 9.17) is 4.74 Å². The number of aromatic nitrogens is 3. The lowest BCUT2D eigenvalue weighted by Gasteiger charge is -2.22. The number of fused-ring (bicyclic) bond motifs is 1. The van der Waals surface area contributed by atoms with Crippen molar-refractivity contribution in [2.75, 3.05) is 18.0 Å². The molecule has 9 nitrogen and oxygen atoms in total. The van der Waals surface area contributed by atoms with Gasteiger partial charge >= 0.3 is 12.1 Å². The fraction of sp³-hybridized carbons (Fsp3) is 0.242. The molecule has 0 amide bonds. The molecule has 0 bridgehead atoms. The van der Waals surface area contributed by atoms with Crippen molar-refractivity contribution in [3.8, 4) is 11.8 Å². The van der Waals surface area contributed by atoms with Gasteiger partial charge in [0, 0.05) is 23.9 Å². The van der Waals surface area contributed by atoms with Gasteiger partial charge in [-0.1, -0.05) is 69.2 Å². The van der Waals surface area contributed by atoms with Crippen LogP contribution in [0.5, 0.6) is 11.8 Å². The van der Waals surface area contributed by atoms with E-state index in [9.17, 15) is 4.39 Å². The number of nitrogens with zero attached hydrogens (tertiary/aromatic N) is 8. The first-order valence-electron chi connectivity index (χ1n) is 14.5. The van der Waals surface area contributed by atoms with Gasteiger partial charge in [0.25, 0.3) is 0 Å². The molecule has 0 unspecified atom stereocenters. The van der Waals surface area contributed by atoms with Crippen molar-refractivity contribution < 1.29 is 9.13 Å². The molecule has 10 heteroatoms. The summed E-state index contributed by atoms with van der Waals surface area (Å²) in [6.45, 7) is 5.72. The summed E-state index contributed by atoms with van der Waals surface area (Å²) in [5.74, 6) is 0.734. The third-order valence-corrected chi connectivity index (χ3v) is 6.65. The molecule has 0 aliphatic rings. The summed E-state index contributed by atoms with van der Waals surface area (Å²) in [5, 5.41) is 19.6. The molecule has 0 radical (unpaired) electrons. The molecular weight excluding hydrogens is 543 g/mol. The molecule has 1 heterocycles. The van der Waals surface area contributed by atoms with Gasteiger partial charge < -0.3 is 9.64 Å². The standard InChI is InChI=1S/C33H33FN8O/c1-3-5-22-42(23-6-4-2)32-35-31(34)36-33(37-32)43-26-18-16-25(17-19-26)39-41-30-21-20-29(27-14-10-11-15-28(27)30)40-38-24-12-8-7-9-13-24/h7-21H,3-6,22-23H2,1-2H3. The molecule has 218 valence electrons. The van der Waals surface area contributed by atoms with Crippen LogP contribution in [-0.2, 0) is 0 Å². The van der Waals surface area contributed by atoms with Crippen LogP contribution in [0.3, 0.4) is 0 Å². The maximum atomic E-state index is 14.3. The van der Waals surface area contributed by atoms with E-state index in [0.717, 1.165) is 60.9 Å². The number of azo groups is 2. The third-order valence-electron chi connectivity index (χ3n) is 6.65. The fourth-order valence-corrected chi connectivity index (χ4v) is 4.36. The molecule has 0 N–H and O–H groups in total. The molecule has 0 saturated carbocycles. The Hall–Kier alpha value is -5.12. The molecule has 5 rings (SSSR count). The highest BCUT2D eigenvalue weighted by molar-refractivity contribution is 5.99. The van der Waals surface area contributed by atoms with E-state index in [2.05, 4.69) is 49.3 Å². The number of rotatable bonds is 13. The smallest absolute Gasteiger partial charge is 0.329 e. The third kappa shape index (κ3) is 8.00. The van der Waals surface area contributed by atoms with Crippen molar-refractivity contribution in [1.29, 1.82) is 0 Å². The Labute approximate surface area is 250 Å². The molecular formula is C33H33FN8O. The average Bonchev–Trinajstić information content (AvgIpc) is 3.04. The van der Waals surface area contributed by atoms with Crippen LogP contribution in [-0.4, -0.2) is 28.0 Å². The van der Waals surface area contributed by atoms with Gasteiger partial charge in [-0.3, -0.25) is 0 Å². The maximum Gasteiger partial charge on any atom is 0.329 e. The monoisotopic (exact) mass is 576 g/mol. The highest BCUT2D eigenvalue weighted by Crippen LogP contribution is 2.35. The van der Waals surface area contributed by atoms with Gasteiger partial charge in [0.15, 0.2) is 0 Å². The van der Waals surface area contributed by atoms with Gasteiger partial charge in [0.1, 0.15) is 5.75 Å². The van der Waals surface area contributed by atoms with E-state index in [1.54, 1.807) is 24.3 Å². The van der Waals surface area contributed by atoms with Gasteiger partial charge in [-0.25, -0.2) is 0 Å². The molecule has 5 aromatic rings. The number of halogens is 1. The summed E-state index contributed by atoms with van der Waals surface area (Å²) < 4.78 is 20.1. The van der Waals surface area contributed by atoms with Crippen LogP contribution in [0.2, 0.25) is 0 Å². The zero-order chi connectivity index (χ0) is 29.9. The quantitative estimate of drug-likeness (QED) is 0.130. The van der Waals surface area contributed by atoms with E-state index in [1.165, 1.54) is 0 Å². The Kier molecular flexibility index (Phi) is 10.0. The van der Waals surface area contributed by atoms with Crippen molar-refractivity contribution in [3.05, 3.63) is 97.1 Å². The van der Waals surface area contributed by atoms with Gasteiger partial charge in [-0.05, 0) is 61.4 Å². The Balaban J connectivity index is 1.30. The number of ether oxygens (including phenoxy) is 1. The lowest BCUT2D eigenvalue weighted by Crippen LogP contribution is -2.28. The lowest BCUT2D eigenvalue weighted by molar-refractivity contribution is 0.412. The summed E-state index contributed by atoms with van der Waals surface area (Å²) in [7, 11) is 0. The van der Waals surface area contributed by atoms with E-state index >= 15 is 0 Å². The summed E-state index contributed by atoms with van der Waals surface area (Å²) in [5.41, 5.74) is 2.86. The summed E-state index contributed by atoms with van der Waals surface area (Å²) in [4.78, 5) is 14.0. The van der Waals surface area contributed by atoms with Crippen molar-refractivity contribution in [2.24, 2.45) is 20.5 Å². The Morgan fingerprint density at radius 1 is 0.628 bits per heavy atom.